The molecule has 0 aliphatic rings. The quantitative estimate of drug-likeness (QED) is 0.665. The largest absolute Gasteiger partial charge is 0.386 e. The van der Waals surface area contributed by atoms with Crippen LogP contribution in [0.25, 0.3) is 11.0 Å². The SMILES string of the molecule is CC(NC(=O)Cc1c[nH]c2ncccc12)C(O)c1ccc(F)c(F)c1. The topological polar surface area (TPSA) is 78.0 Å². The summed E-state index contributed by atoms with van der Waals surface area (Å²) in [6, 6.07) is 6.14. The summed E-state index contributed by atoms with van der Waals surface area (Å²) in [5, 5.41) is 13.8. The summed E-state index contributed by atoms with van der Waals surface area (Å²) in [6.45, 7) is 1.60. The van der Waals surface area contributed by atoms with Crippen LogP contribution >= 0.6 is 0 Å². The number of aliphatic hydroxyl groups excluding tert-OH is 1. The van der Waals surface area contributed by atoms with Gasteiger partial charge in [-0.05, 0) is 42.3 Å². The van der Waals surface area contributed by atoms with E-state index in [1.54, 1.807) is 25.4 Å². The van der Waals surface area contributed by atoms with E-state index in [1.165, 1.54) is 6.07 Å². The molecule has 25 heavy (non-hydrogen) atoms. The summed E-state index contributed by atoms with van der Waals surface area (Å²) in [4.78, 5) is 19.4. The minimum atomic E-state index is -1.15. The maximum atomic E-state index is 13.3. The molecule has 7 heteroatoms. The van der Waals surface area contributed by atoms with Crippen molar-refractivity contribution in [1.29, 1.82) is 0 Å². The van der Waals surface area contributed by atoms with Gasteiger partial charge in [-0.1, -0.05) is 6.07 Å². The highest BCUT2D eigenvalue weighted by atomic mass is 19.2. The molecule has 2 heterocycles. The fourth-order valence-corrected chi connectivity index (χ4v) is 2.70. The van der Waals surface area contributed by atoms with Gasteiger partial charge in [0.25, 0.3) is 0 Å². The van der Waals surface area contributed by atoms with Crippen molar-refractivity contribution in [3.8, 4) is 0 Å². The van der Waals surface area contributed by atoms with E-state index in [0.717, 1.165) is 23.1 Å². The highest BCUT2D eigenvalue weighted by molar-refractivity contribution is 5.87. The molecule has 0 aliphatic heterocycles. The second-order valence-electron chi connectivity index (χ2n) is 5.86. The van der Waals surface area contributed by atoms with Gasteiger partial charge in [-0.2, -0.15) is 0 Å². The van der Waals surface area contributed by atoms with Crippen LogP contribution in [0.2, 0.25) is 0 Å². The molecule has 3 rings (SSSR count). The lowest BCUT2D eigenvalue weighted by Gasteiger charge is -2.20. The summed E-state index contributed by atoms with van der Waals surface area (Å²) in [5.74, 6) is -2.32. The third kappa shape index (κ3) is 3.66. The van der Waals surface area contributed by atoms with Crippen molar-refractivity contribution >= 4 is 16.9 Å². The molecule has 130 valence electrons. The zero-order chi connectivity index (χ0) is 18.0. The Bertz CT molecular complexity index is 910. The first-order valence-electron chi connectivity index (χ1n) is 7.79. The van der Waals surface area contributed by atoms with Crippen LogP contribution in [-0.4, -0.2) is 27.0 Å². The lowest BCUT2D eigenvalue weighted by Crippen LogP contribution is -2.38. The number of benzene rings is 1. The zero-order valence-corrected chi connectivity index (χ0v) is 13.5. The lowest BCUT2D eigenvalue weighted by molar-refractivity contribution is -0.121. The van der Waals surface area contributed by atoms with Gasteiger partial charge in [-0.15, -0.1) is 0 Å². The fraction of sp³-hybridized carbons (Fsp3) is 0.222. The van der Waals surface area contributed by atoms with E-state index in [2.05, 4.69) is 15.3 Å². The molecule has 1 aromatic carbocycles. The van der Waals surface area contributed by atoms with Gasteiger partial charge in [0.1, 0.15) is 5.65 Å². The lowest BCUT2D eigenvalue weighted by atomic mass is 10.0. The molecule has 5 nitrogen and oxygen atoms in total. The van der Waals surface area contributed by atoms with Crippen molar-refractivity contribution < 1.29 is 18.7 Å². The minimum absolute atomic E-state index is 0.112. The normalized spacial score (nSPS) is 13.6. The molecule has 0 saturated carbocycles. The van der Waals surface area contributed by atoms with Gasteiger partial charge in [0.15, 0.2) is 11.6 Å². The number of nitrogens with one attached hydrogen (secondary N) is 2. The molecule has 3 N–H and O–H groups in total. The number of aromatic amines is 1. The molecular weight excluding hydrogens is 328 g/mol. The second-order valence-corrected chi connectivity index (χ2v) is 5.86. The highest BCUT2D eigenvalue weighted by Gasteiger charge is 2.20. The van der Waals surface area contributed by atoms with Crippen molar-refractivity contribution in [2.45, 2.75) is 25.5 Å². The Labute approximate surface area is 142 Å². The van der Waals surface area contributed by atoms with E-state index in [4.69, 9.17) is 0 Å². The third-order valence-corrected chi connectivity index (χ3v) is 4.04. The Hall–Kier alpha value is -2.80. The van der Waals surface area contributed by atoms with Gasteiger partial charge >= 0.3 is 0 Å². The standard InChI is InChI=1S/C18H17F2N3O2/c1-10(17(25)11-4-5-14(19)15(20)7-11)23-16(24)8-12-9-22-18-13(12)3-2-6-21-18/h2-7,9-10,17,25H,8H2,1H3,(H,21,22)(H,23,24). The molecule has 2 atom stereocenters. The van der Waals surface area contributed by atoms with Crippen molar-refractivity contribution in [1.82, 2.24) is 15.3 Å². The average molecular weight is 345 g/mol. The summed E-state index contributed by atoms with van der Waals surface area (Å²) in [6.07, 6.45) is 2.33. The molecule has 2 unspecified atom stereocenters. The number of carbonyl (C=O) groups is 1. The van der Waals surface area contributed by atoms with Gasteiger partial charge in [0, 0.05) is 17.8 Å². The number of aromatic nitrogens is 2. The number of halogens is 2. The van der Waals surface area contributed by atoms with E-state index in [9.17, 15) is 18.7 Å². The van der Waals surface area contributed by atoms with E-state index in [1.807, 2.05) is 6.07 Å². The number of fused-ring (bicyclic) bond motifs is 1. The van der Waals surface area contributed by atoms with Crippen LogP contribution in [0.15, 0.2) is 42.7 Å². The Morgan fingerprint density at radius 1 is 1.32 bits per heavy atom. The van der Waals surface area contributed by atoms with Crippen molar-refractivity contribution in [2.75, 3.05) is 0 Å². The molecule has 0 saturated heterocycles. The van der Waals surface area contributed by atoms with E-state index < -0.39 is 23.8 Å². The minimum Gasteiger partial charge on any atom is -0.386 e. The fourth-order valence-electron chi connectivity index (χ4n) is 2.70. The van der Waals surface area contributed by atoms with E-state index in [0.29, 0.717) is 5.65 Å². The van der Waals surface area contributed by atoms with Crippen LogP contribution in [-0.2, 0) is 11.2 Å². The maximum absolute atomic E-state index is 13.3. The number of aliphatic hydroxyl groups is 1. The Kier molecular flexibility index (Phi) is 4.76. The Balaban J connectivity index is 1.66. The number of rotatable bonds is 5. The molecule has 0 aliphatic carbocycles. The number of hydrogen-bond acceptors (Lipinski definition) is 3. The molecular formula is C18H17F2N3O2. The van der Waals surface area contributed by atoms with Crippen LogP contribution in [0.4, 0.5) is 8.78 Å². The summed E-state index contributed by atoms with van der Waals surface area (Å²) in [5.41, 5.74) is 1.68. The first-order valence-corrected chi connectivity index (χ1v) is 7.79. The van der Waals surface area contributed by atoms with Crippen LogP contribution in [0.3, 0.4) is 0 Å². The van der Waals surface area contributed by atoms with Crippen LogP contribution in [0, 0.1) is 11.6 Å². The van der Waals surface area contributed by atoms with Crippen molar-refractivity contribution in [3.63, 3.8) is 0 Å². The van der Waals surface area contributed by atoms with Gasteiger partial charge in [0.05, 0.1) is 18.6 Å². The predicted molar refractivity (Wildman–Crippen MR) is 88.7 cm³/mol. The van der Waals surface area contributed by atoms with Gasteiger partial charge < -0.3 is 15.4 Å². The number of amides is 1. The number of H-pyrrole nitrogens is 1. The molecule has 1 amide bonds. The van der Waals surface area contributed by atoms with Crippen LogP contribution in [0.1, 0.15) is 24.2 Å². The summed E-state index contributed by atoms with van der Waals surface area (Å²) >= 11 is 0. The van der Waals surface area contributed by atoms with E-state index in [-0.39, 0.29) is 17.9 Å². The van der Waals surface area contributed by atoms with Crippen LogP contribution in [0.5, 0.6) is 0 Å². The van der Waals surface area contributed by atoms with Crippen LogP contribution < -0.4 is 5.32 Å². The zero-order valence-electron chi connectivity index (χ0n) is 13.5. The Morgan fingerprint density at radius 2 is 2.12 bits per heavy atom. The molecule has 2 aromatic heterocycles. The first kappa shape index (κ1) is 17.0. The summed E-state index contributed by atoms with van der Waals surface area (Å²) < 4.78 is 26.3. The third-order valence-electron chi connectivity index (χ3n) is 4.04. The van der Waals surface area contributed by atoms with Gasteiger partial charge in [-0.3, -0.25) is 4.79 Å². The van der Waals surface area contributed by atoms with Gasteiger partial charge in [0.2, 0.25) is 5.91 Å². The second kappa shape index (κ2) is 6.98. The van der Waals surface area contributed by atoms with E-state index >= 15 is 0 Å². The molecule has 0 bridgehead atoms. The highest BCUT2D eigenvalue weighted by Crippen LogP contribution is 2.20. The average Bonchev–Trinajstić information content (AvgIpc) is 2.99. The number of carbonyl (C=O) groups excluding carboxylic acids is 1. The van der Waals surface area contributed by atoms with Gasteiger partial charge in [-0.25, -0.2) is 13.8 Å². The molecule has 0 radical (unpaired) electrons. The molecule has 3 aromatic rings. The Morgan fingerprint density at radius 3 is 2.88 bits per heavy atom. The number of nitrogens with zero attached hydrogens (tertiary/aromatic N) is 1. The van der Waals surface area contributed by atoms with Crippen molar-refractivity contribution in [3.05, 3.63) is 65.5 Å². The van der Waals surface area contributed by atoms with Crippen molar-refractivity contribution in [2.24, 2.45) is 0 Å². The molecule has 0 fully saturated rings. The monoisotopic (exact) mass is 345 g/mol. The smallest absolute Gasteiger partial charge is 0.224 e. The number of hydrogen-bond donors (Lipinski definition) is 3. The summed E-state index contributed by atoms with van der Waals surface area (Å²) in [7, 11) is 0. The molecule has 0 spiro atoms. The first-order chi connectivity index (χ1) is 12.0. The maximum Gasteiger partial charge on any atom is 0.224 e. The predicted octanol–water partition coefficient (Wildman–Crippen LogP) is 2.62. The number of pyridine rings is 1.